The minimum Gasteiger partial charge on any atom is -0.394 e. The quantitative estimate of drug-likeness (QED) is 0.387. The van der Waals surface area contributed by atoms with Crippen molar-refractivity contribution in [1.82, 2.24) is 29.3 Å². The van der Waals surface area contributed by atoms with Gasteiger partial charge in [0.2, 0.25) is 11.7 Å². The summed E-state index contributed by atoms with van der Waals surface area (Å²) >= 11 is 0. The third-order valence-corrected chi connectivity index (χ3v) is 5.99. The topological polar surface area (TPSA) is 123 Å². The Morgan fingerprint density at radius 3 is 2.66 bits per heavy atom. The van der Waals surface area contributed by atoms with Gasteiger partial charge in [-0.1, -0.05) is 17.3 Å². The Morgan fingerprint density at radius 1 is 1.11 bits per heavy atom. The maximum Gasteiger partial charge on any atom is 0.274 e. The lowest BCUT2D eigenvalue weighted by Gasteiger charge is -2.10. The molecule has 10 heteroatoms. The van der Waals surface area contributed by atoms with E-state index in [4.69, 9.17) is 4.52 Å². The first-order valence-corrected chi connectivity index (χ1v) is 11.2. The highest BCUT2D eigenvalue weighted by atomic mass is 16.5. The van der Waals surface area contributed by atoms with Crippen LogP contribution in [0, 0.1) is 27.7 Å². The molecule has 4 heterocycles. The molecule has 35 heavy (non-hydrogen) atoms. The lowest BCUT2D eigenvalue weighted by Crippen LogP contribution is -2.15. The summed E-state index contributed by atoms with van der Waals surface area (Å²) in [5.41, 5.74) is 7.04. The number of anilines is 1. The fraction of sp³-hybridized carbons (Fsp3) is 0.240. The second-order valence-electron chi connectivity index (χ2n) is 8.40. The molecular formula is C25H25N7O3. The standard InChI is InChI=1S/C25H25N7O3/c1-14-5-6-18(24-27-17(4)35-30-24)11-20(14)28-25(34)21-12-26-22-8-7-19(13-31(21)22)23-15(2)29-32(9-10-33)16(23)3/h5-8,11-13,33H,9-10H2,1-4H3,(H,28,34). The molecule has 1 aromatic carbocycles. The number of hydrogen-bond acceptors (Lipinski definition) is 7. The average Bonchev–Trinajstić information content (AvgIpc) is 3.52. The number of benzene rings is 1. The molecule has 0 aliphatic carbocycles. The number of aliphatic hydroxyl groups is 1. The highest BCUT2D eigenvalue weighted by Crippen LogP contribution is 2.28. The first-order valence-electron chi connectivity index (χ1n) is 11.2. The van der Waals surface area contributed by atoms with Gasteiger partial charge >= 0.3 is 0 Å². The molecule has 1 amide bonds. The van der Waals surface area contributed by atoms with Crippen LogP contribution in [0.25, 0.3) is 28.2 Å². The number of aliphatic hydroxyl groups excluding tert-OH is 1. The molecule has 0 saturated carbocycles. The lowest BCUT2D eigenvalue weighted by atomic mass is 10.1. The van der Waals surface area contributed by atoms with Gasteiger partial charge in [-0.15, -0.1) is 0 Å². The van der Waals surface area contributed by atoms with Gasteiger partial charge in [-0.05, 0) is 44.5 Å². The van der Waals surface area contributed by atoms with Crippen LogP contribution in [0.5, 0.6) is 0 Å². The summed E-state index contributed by atoms with van der Waals surface area (Å²) in [6, 6.07) is 9.45. The van der Waals surface area contributed by atoms with Gasteiger partial charge in [0.25, 0.3) is 5.91 Å². The van der Waals surface area contributed by atoms with Gasteiger partial charge in [-0.3, -0.25) is 13.9 Å². The zero-order valence-corrected chi connectivity index (χ0v) is 19.9. The predicted octanol–water partition coefficient (Wildman–Crippen LogP) is 3.73. The number of amides is 1. The van der Waals surface area contributed by atoms with E-state index in [2.05, 4.69) is 25.5 Å². The number of nitrogens with zero attached hydrogens (tertiary/aromatic N) is 6. The van der Waals surface area contributed by atoms with Crippen molar-refractivity contribution in [2.24, 2.45) is 0 Å². The number of aromatic nitrogens is 6. The number of carbonyl (C=O) groups is 1. The molecule has 10 nitrogen and oxygen atoms in total. The molecule has 0 saturated heterocycles. The van der Waals surface area contributed by atoms with E-state index >= 15 is 0 Å². The van der Waals surface area contributed by atoms with Gasteiger partial charge in [-0.25, -0.2) is 4.98 Å². The van der Waals surface area contributed by atoms with Crippen LogP contribution in [-0.2, 0) is 6.54 Å². The number of pyridine rings is 1. The molecule has 0 unspecified atom stereocenters. The third kappa shape index (κ3) is 4.08. The highest BCUT2D eigenvalue weighted by Gasteiger charge is 2.18. The smallest absolute Gasteiger partial charge is 0.274 e. The maximum absolute atomic E-state index is 13.3. The second-order valence-corrected chi connectivity index (χ2v) is 8.40. The Hall–Kier alpha value is -4.31. The summed E-state index contributed by atoms with van der Waals surface area (Å²) in [5, 5.41) is 20.8. The van der Waals surface area contributed by atoms with Gasteiger partial charge in [0.1, 0.15) is 11.3 Å². The molecule has 0 aliphatic heterocycles. The molecular weight excluding hydrogens is 446 g/mol. The first-order chi connectivity index (χ1) is 16.9. The molecule has 2 N–H and O–H groups in total. The number of imidazole rings is 1. The largest absolute Gasteiger partial charge is 0.394 e. The zero-order valence-electron chi connectivity index (χ0n) is 19.9. The molecule has 0 fully saturated rings. The number of carbonyl (C=O) groups excluding carboxylic acids is 1. The molecule has 5 rings (SSSR count). The highest BCUT2D eigenvalue weighted by molar-refractivity contribution is 6.04. The fourth-order valence-electron chi connectivity index (χ4n) is 4.22. The summed E-state index contributed by atoms with van der Waals surface area (Å²) in [6.45, 7) is 7.99. The normalized spacial score (nSPS) is 11.3. The number of hydrogen-bond donors (Lipinski definition) is 2. The summed E-state index contributed by atoms with van der Waals surface area (Å²) in [5.74, 6) is 0.647. The minimum absolute atomic E-state index is 0.0131. The van der Waals surface area contributed by atoms with Crippen LogP contribution >= 0.6 is 0 Å². The van der Waals surface area contributed by atoms with Crippen LogP contribution in [0.2, 0.25) is 0 Å². The van der Waals surface area contributed by atoms with Crippen molar-refractivity contribution in [1.29, 1.82) is 0 Å². The van der Waals surface area contributed by atoms with Gasteiger partial charge in [0.05, 0.1) is 25.0 Å². The van der Waals surface area contributed by atoms with Crippen molar-refractivity contribution >= 4 is 17.2 Å². The van der Waals surface area contributed by atoms with Crippen molar-refractivity contribution in [3.63, 3.8) is 0 Å². The Kier molecular flexibility index (Phi) is 5.65. The lowest BCUT2D eigenvalue weighted by molar-refractivity contribution is 0.102. The predicted molar refractivity (Wildman–Crippen MR) is 130 cm³/mol. The van der Waals surface area contributed by atoms with Crippen molar-refractivity contribution in [2.75, 3.05) is 11.9 Å². The van der Waals surface area contributed by atoms with Crippen LogP contribution < -0.4 is 5.32 Å². The zero-order chi connectivity index (χ0) is 24.7. The van der Waals surface area contributed by atoms with E-state index < -0.39 is 0 Å². The summed E-state index contributed by atoms with van der Waals surface area (Å²) in [6.07, 6.45) is 3.45. The molecule has 4 aromatic heterocycles. The van der Waals surface area contributed by atoms with Crippen LogP contribution in [0.3, 0.4) is 0 Å². The molecule has 0 radical (unpaired) electrons. The van der Waals surface area contributed by atoms with Gasteiger partial charge in [0.15, 0.2) is 0 Å². The molecule has 0 spiro atoms. The molecule has 178 valence electrons. The molecule has 0 bridgehead atoms. The third-order valence-electron chi connectivity index (χ3n) is 5.99. The average molecular weight is 472 g/mol. The maximum atomic E-state index is 13.3. The van der Waals surface area contributed by atoms with E-state index in [0.29, 0.717) is 35.3 Å². The van der Waals surface area contributed by atoms with E-state index in [1.165, 1.54) is 0 Å². The summed E-state index contributed by atoms with van der Waals surface area (Å²) in [7, 11) is 0. The minimum atomic E-state index is -0.288. The van der Waals surface area contributed by atoms with E-state index in [9.17, 15) is 9.90 Å². The van der Waals surface area contributed by atoms with Crippen molar-refractivity contribution in [2.45, 2.75) is 34.2 Å². The van der Waals surface area contributed by atoms with Crippen molar-refractivity contribution < 1.29 is 14.4 Å². The van der Waals surface area contributed by atoms with Gasteiger partial charge < -0.3 is 14.9 Å². The molecule has 5 aromatic rings. The first kappa shape index (κ1) is 22.5. The number of aryl methyl sites for hydroxylation is 3. The van der Waals surface area contributed by atoms with Gasteiger partial charge in [0, 0.05) is 41.2 Å². The molecule has 0 aliphatic rings. The Morgan fingerprint density at radius 2 is 1.91 bits per heavy atom. The Balaban J connectivity index is 1.49. The van der Waals surface area contributed by atoms with Crippen LogP contribution in [0.1, 0.15) is 33.3 Å². The van der Waals surface area contributed by atoms with Crippen molar-refractivity contribution in [3.05, 3.63) is 71.3 Å². The second kappa shape index (κ2) is 8.80. The Bertz CT molecular complexity index is 1560. The van der Waals surface area contributed by atoms with E-state index in [-0.39, 0.29) is 12.5 Å². The van der Waals surface area contributed by atoms with E-state index in [1.807, 2.05) is 57.3 Å². The molecule has 0 atom stereocenters. The number of rotatable bonds is 6. The Labute approximate surface area is 201 Å². The van der Waals surface area contributed by atoms with Crippen LogP contribution in [-0.4, -0.2) is 46.9 Å². The fourth-order valence-corrected chi connectivity index (χ4v) is 4.22. The van der Waals surface area contributed by atoms with E-state index in [1.54, 1.807) is 22.2 Å². The van der Waals surface area contributed by atoms with Crippen LogP contribution in [0.4, 0.5) is 5.69 Å². The van der Waals surface area contributed by atoms with E-state index in [0.717, 1.165) is 33.6 Å². The van der Waals surface area contributed by atoms with Crippen molar-refractivity contribution in [3.8, 4) is 22.5 Å². The number of fused-ring (bicyclic) bond motifs is 1. The van der Waals surface area contributed by atoms with Crippen LogP contribution in [0.15, 0.2) is 47.2 Å². The SMILES string of the molecule is Cc1nc(-c2ccc(C)c(NC(=O)c3cnc4ccc(-c5c(C)nn(CCO)c5C)cn34)c2)no1. The monoisotopic (exact) mass is 471 g/mol. The summed E-state index contributed by atoms with van der Waals surface area (Å²) < 4.78 is 8.64. The summed E-state index contributed by atoms with van der Waals surface area (Å²) in [4.78, 5) is 22.0. The van der Waals surface area contributed by atoms with Gasteiger partial charge in [-0.2, -0.15) is 10.1 Å². The number of nitrogens with one attached hydrogen (secondary N) is 1.